The molecule has 2 rings (SSSR count). The van der Waals surface area contributed by atoms with E-state index in [0.717, 1.165) is 11.1 Å². The van der Waals surface area contributed by atoms with Gasteiger partial charge in [0.2, 0.25) is 0 Å². The van der Waals surface area contributed by atoms with Gasteiger partial charge in [0.1, 0.15) is 12.2 Å². The van der Waals surface area contributed by atoms with E-state index in [0.29, 0.717) is 13.2 Å². The van der Waals surface area contributed by atoms with Gasteiger partial charge in [-0.25, -0.2) is 0 Å². The smallest absolute Gasteiger partial charge is 0.164 e. The minimum atomic E-state index is -0.627. The summed E-state index contributed by atoms with van der Waals surface area (Å²) in [6.45, 7) is 6.68. The summed E-state index contributed by atoms with van der Waals surface area (Å²) in [7, 11) is 0. The van der Waals surface area contributed by atoms with E-state index >= 15 is 0 Å². The minimum absolute atomic E-state index is 0.0257. The minimum Gasteiger partial charge on any atom is -0.392 e. The molecule has 1 aliphatic rings. The Balaban J connectivity index is 1.90. The first-order valence-electron chi connectivity index (χ1n) is 7.25. The second-order valence-electron chi connectivity index (χ2n) is 5.81. The van der Waals surface area contributed by atoms with Crippen molar-refractivity contribution in [2.75, 3.05) is 13.2 Å². The lowest BCUT2D eigenvalue weighted by atomic mass is 10.1. The maximum Gasteiger partial charge on any atom is 0.164 e. The third kappa shape index (κ3) is 4.93. The van der Waals surface area contributed by atoms with Crippen LogP contribution in [0.15, 0.2) is 42.0 Å². The van der Waals surface area contributed by atoms with Gasteiger partial charge in [0.05, 0.1) is 19.8 Å². The molecule has 1 N–H and O–H groups in total. The van der Waals surface area contributed by atoms with Gasteiger partial charge < -0.3 is 19.3 Å². The number of hydrogen-bond donors (Lipinski definition) is 1. The van der Waals surface area contributed by atoms with Gasteiger partial charge in [0, 0.05) is 0 Å². The molecule has 1 saturated heterocycles. The van der Waals surface area contributed by atoms with Crippen molar-refractivity contribution in [1.29, 1.82) is 0 Å². The van der Waals surface area contributed by atoms with Crippen LogP contribution in [0.4, 0.5) is 0 Å². The summed E-state index contributed by atoms with van der Waals surface area (Å²) in [5, 5.41) is 9.14. The molecule has 4 heteroatoms. The molecule has 0 aliphatic carbocycles. The summed E-state index contributed by atoms with van der Waals surface area (Å²) in [6, 6.07) is 10.0. The van der Waals surface area contributed by atoms with Gasteiger partial charge in [-0.2, -0.15) is 0 Å². The Morgan fingerprint density at radius 1 is 1.29 bits per heavy atom. The van der Waals surface area contributed by atoms with E-state index in [-0.39, 0.29) is 18.8 Å². The molecule has 1 aliphatic heterocycles. The molecule has 0 bridgehead atoms. The predicted molar refractivity (Wildman–Crippen MR) is 80.8 cm³/mol. The number of rotatable bonds is 6. The summed E-state index contributed by atoms with van der Waals surface area (Å²) in [4.78, 5) is 0. The first-order chi connectivity index (χ1) is 10.00. The quantitative estimate of drug-likeness (QED) is 0.819. The number of benzene rings is 1. The Labute approximate surface area is 126 Å². The van der Waals surface area contributed by atoms with Crippen LogP contribution in [0.5, 0.6) is 0 Å². The van der Waals surface area contributed by atoms with Crippen LogP contribution in [-0.2, 0) is 20.8 Å². The Bertz CT molecular complexity index is 467. The molecule has 21 heavy (non-hydrogen) atoms. The summed E-state index contributed by atoms with van der Waals surface area (Å²) in [6.07, 6.45) is 1.55. The maximum atomic E-state index is 9.14. The SMILES string of the molecule is C/C(=C\[C@@H]1OC(C)(C)O[C@H]1COCc1ccccc1)CO. The summed E-state index contributed by atoms with van der Waals surface area (Å²) in [5.41, 5.74) is 2.00. The third-order valence-electron chi connectivity index (χ3n) is 3.31. The predicted octanol–water partition coefficient (Wildman–Crippen LogP) is 2.66. The van der Waals surface area contributed by atoms with E-state index in [1.807, 2.05) is 57.2 Å². The first kappa shape index (κ1) is 16.2. The van der Waals surface area contributed by atoms with Gasteiger partial charge in [0.25, 0.3) is 0 Å². The monoisotopic (exact) mass is 292 g/mol. The van der Waals surface area contributed by atoms with E-state index in [1.54, 1.807) is 0 Å². The molecule has 1 heterocycles. The van der Waals surface area contributed by atoms with Gasteiger partial charge in [-0.05, 0) is 31.9 Å². The Morgan fingerprint density at radius 2 is 2.00 bits per heavy atom. The molecule has 2 atom stereocenters. The van der Waals surface area contributed by atoms with Gasteiger partial charge in [0.15, 0.2) is 5.79 Å². The van der Waals surface area contributed by atoms with Crippen molar-refractivity contribution in [3.05, 3.63) is 47.5 Å². The highest BCUT2D eigenvalue weighted by atomic mass is 16.8. The van der Waals surface area contributed by atoms with Crippen LogP contribution in [0.25, 0.3) is 0 Å². The third-order valence-corrected chi connectivity index (χ3v) is 3.31. The second kappa shape index (κ2) is 7.18. The molecule has 0 aromatic heterocycles. The lowest BCUT2D eigenvalue weighted by molar-refractivity contribution is -0.148. The Hall–Kier alpha value is -1.20. The number of ether oxygens (including phenoxy) is 3. The molecular formula is C17H24O4. The average molecular weight is 292 g/mol. The van der Waals surface area contributed by atoms with Crippen LogP contribution in [0.1, 0.15) is 26.3 Å². The fourth-order valence-electron chi connectivity index (χ4n) is 2.33. The Morgan fingerprint density at radius 3 is 2.67 bits per heavy atom. The standard InChI is InChI=1S/C17H24O4/c1-13(10-18)9-15-16(21-17(2,3)20-15)12-19-11-14-7-5-4-6-8-14/h4-9,15-16,18H,10-12H2,1-3H3/b13-9+/t15-,16-/m0/s1. The molecule has 116 valence electrons. The van der Waals surface area contributed by atoms with Gasteiger partial charge >= 0.3 is 0 Å². The Kier molecular flexibility index (Phi) is 5.53. The largest absolute Gasteiger partial charge is 0.392 e. The summed E-state index contributed by atoms with van der Waals surface area (Å²) < 4.78 is 17.5. The zero-order valence-corrected chi connectivity index (χ0v) is 12.9. The highest BCUT2D eigenvalue weighted by molar-refractivity contribution is 5.13. The van der Waals surface area contributed by atoms with E-state index in [2.05, 4.69) is 0 Å². The van der Waals surface area contributed by atoms with E-state index in [9.17, 15) is 0 Å². The van der Waals surface area contributed by atoms with Crippen molar-refractivity contribution in [3.63, 3.8) is 0 Å². The molecule has 4 nitrogen and oxygen atoms in total. The molecule has 0 saturated carbocycles. The van der Waals surface area contributed by atoms with Crippen LogP contribution >= 0.6 is 0 Å². The van der Waals surface area contributed by atoms with Crippen molar-refractivity contribution in [2.24, 2.45) is 0 Å². The number of aliphatic hydroxyl groups is 1. The molecule has 0 spiro atoms. The lowest BCUT2D eigenvalue weighted by Crippen LogP contribution is -2.27. The van der Waals surface area contributed by atoms with Crippen molar-refractivity contribution < 1.29 is 19.3 Å². The molecule has 1 fully saturated rings. The second-order valence-corrected chi connectivity index (χ2v) is 5.81. The zero-order valence-electron chi connectivity index (χ0n) is 12.9. The van der Waals surface area contributed by atoms with Crippen molar-refractivity contribution >= 4 is 0 Å². The van der Waals surface area contributed by atoms with Crippen LogP contribution in [0.2, 0.25) is 0 Å². The zero-order chi connectivity index (χ0) is 15.3. The maximum absolute atomic E-state index is 9.14. The van der Waals surface area contributed by atoms with Crippen LogP contribution in [0, 0.1) is 0 Å². The molecule has 1 aromatic rings. The van der Waals surface area contributed by atoms with Gasteiger partial charge in [-0.3, -0.25) is 0 Å². The molecular weight excluding hydrogens is 268 g/mol. The fourth-order valence-corrected chi connectivity index (χ4v) is 2.33. The van der Waals surface area contributed by atoms with Crippen molar-refractivity contribution in [2.45, 2.75) is 45.4 Å². The topological polar surface area (TPSA) is 47.9 Å². The van der Waals surface area contributed by atoms with E-state index in [4.69, 9.17) is 19.3 Å². The molecule has 1 aromatic carbocycles. The van der Waals surface area contributed by atoms with Gasteiger partial charge in [-0.1, -0.05) is 36.4 Å². The molecule has 0 radical (unpaired) electrons. The van der Waals surface area contributed by atoms with Crippen molar-refractivity contribution in [3.8, 4) is 0 Å². The van der Waals surface area contributed by atoms with Gasteiger partial charge in [-0.15, -0.1) is 0 Å². The van der Waals surface area contributed by atoms with Crippen LogP contribution in [0.3, 0.4) is 0 Å². The number of aliphatic hydroxyl groups excluding tert-OH is 1. The summed E-state index contributed by atoms with van der Waals surface area (Å²) in [5.74, 6) is -0.627. The van der Waals surface area contributed by atoms with E-state index in [1.165, 1.54) is 0 Å². The normalized spacial score (nSPS) is 25.2. The first-order valence-corrected chi connectivity index (χ1v) is 7.25. The average Bonchev–Trinajstić information content (AvgIpc) is 2.74. The highest BCUT2D eigenvalue weighted by Crippen LogP contribution is 2.29. The van der Waals surface area contributed by atoms with Crippen molar-refractivity contribution in [1.82, 2.24) is 0 Å². The highest BCUT2D eigenvalue weighted by Gasteiger charge is 2.40. The number of hydrogen-bond acceptors (Lipinski definition) is 4. The molecule has 0 amide bonds. The van der Waals surface area contributed by atoms with E-state index < -0.39 is 5.79 Å². The fraction of sp³-hybridized carbons (Fsp3) is 0.529. The van der Waals surface area contributed by atoms with Crippen LogP contribution < -0.4 is 0 Å². The summed E-state index contributed by atoms with van der Waals surface area (Å²) >= 11 is 0. The lowest BCUT2D eigenvalue weighted by Gasteiger charge is -2.16. The van der Waals surface area contributed by atoms with Crippen LogP contribution in [-0.4, -0.2) is 36.3 Å². The molecule has 0 unspecified atom stereocenters.